The smallest absolute Gasteiger partial charge is 0.129 e. The number of hydrogen-bond acceptors (Lipinski definition) is 1. The van der Waals surface area contributed by atoms with Crippen LogP contribution in [0.1, 0.15) is 18.9 Å². The summed E-state index contributed by atoms with van der Waals surface area (Å²) in [6.07, 6.45) is 5.17. The lowest BCUT2D eigenvalue weighted by Crippen LogP contribution is -2.21. The Bertz CT molecular complexity index is 336. The monoisotopic (exact) mass is 178 g/mol. The third-order valence-electron chi connectivity index (χ3n) is 1.90. The van der Waals surface area contributed by atoms with Gasteiger partial charge in [-0.25, -0.2) is 4.39 Å². The first kappa shape index (κ1) is 9.76. The molecule has 0 amide bonds. The maximum atomic E-state index is 13.2. The van der Waals surface area contributed by atoms with Crippen LogP contribution in [-0.4, -0.2) is 5.11 Å². The zero-order chi connectivity index (χ0) is 9.90. The summed E-state index contributed by atoms with van der Waals surface area (Å²) in [6, 6.07) is 6.08. The molecule has 2 heteroatoms. The Labute approximate surface area is 77.2 Å². The molecule has 13 heavy (non-hydrogen) atoms. The quantitative estimate of drug-likeness (QED) is 0.687. The summed E-state index contributed by atoms with van der Waals surface area (Å²) >= 11 is 0. The van der Waals surface area contributed by atoms with Crippen molar-refractivity contribution in [1.82, 2.24) is 0 Å². The van der Waals surface area contributed by atoms with Gasteiger partial charge < -0.3 is 5.11 Å². The second kappa shape index (κ2) is 3.59. The first-order valence-electron chi connectivity index (χ1n) is 3.99. The van der Waals surface area contributed by atoms with E-state index >= 15 is 0 Å². The van der Waals surface area contributed by atoms with Gasteiger partial charge in [-0.15, -0.1) is 12.3 Å². The molecule has 0 bridgehead atoms. The minimum Gasteiger partial charge on any atom is -0.384 e. The van der Waals surface area contributed by atoms with E-state index in [2.05, 4.69) is 5.92 Å². The largest absolute Gasteiger partial charge is 0.384 e. The standard InChI is InChI=1S/C11H11FO/c1-3-8-11(2,13)9-6-4-5-7-10(9)12/h1,4-7,13H,8H2,2H3/t11-/m0/s1. The molecular formula is C11H11FO. The summed E-state index contributed by atoms with van der Waals surface area (Å²) in [7, 11) is 0. The molecule has 1 rings (SSSR count). The van der Waals surface area contributed by atoms with Gasteiger partial charge >= 0.3 is 0 Å². The number of halogens is 1. The van der Waals surface area contributed by atoms with Crippen molar-refractivity contribution in [2.24, 2.45) is 0 Å². The molecule has 0 saturated carbocycles. The van der Waals surface area contributed by atoms with Gasteiger partial charge in [-0.1, -0.05) is 18.2 Å². The molecular weight excluding hydrogens is 167 g/mol. The molecule has 1 nitrogen and oxygen atoms in total. The highest BCUT2D eigenvalue weighted by molar-refractivity contribution is 5.24. The van der Waals surface area contributed by atoms with Crippen molar-refractivity contribution in [3.05, 3.63) is 35.6 Å². The van der Waals surface area contributed by atoms with Crippen molar-refractivity contribution in [2.45, 2.75) is 18.9 Å². The Hall–Kier alpha value is -1.33. The third kappa shape index (κ3) is 2.07. The molecule has 0 aliphatic heterocycles. The average molecular weight is 178 g/mol. The van der Waals surface area contributed by atoms with Crippen molar-refractivity contribution in [2.75, 3.05) is 0 Å². The lowest BCUT2D eigenvalue weighted by atomic mass is 9.92. The van der Waals surface area contributed by atoms with E-state index in [9.17, 15) is 9.50 Å². The molecule has 0 radical (unpaired) electrons. The highest BCUT2D eigenvalue weighted by Crippen LogP contribution is 2.25. The summed E-state index contributed by atoms with van der Waals surface area (Å²) in [4.78, 5) is 0. The molecule has 0 aliphatic rings. The molecule has 0 saturated heterocycles. The third-order valence-corrected chi connectivity index (χ3v) is 1.90. The van der Waals surface area contributed by atoms with Gasteiger partial charge in [0.25, 0.3) is 0 Å². The van der Waals surface area contributed by atoms with Crippen LogP contribution in [0.25, 0.3) is 0 Å². The highest BCUT2D eigenvalue weighted by Gasteiger charge is 2.24. The molecule has 0 fully saturated rings. The second-order valence-electron chi connectivity index (χ2n) is 3.13. The van der Waals surface area contributed by atoms with Crippen LogP contribution in [0.3, 0.4) is 0 Å². The first-order valence-corrected chi connectivity index (χ1v) is 3.99. The fourth-order valence-corrected chi connectivity index (χ4v) is 1.19. The zero-order valence-electron chi connectivity index (χ0n) is 7.42. The molecule has 0 aromatic heterocycles. The van der Waals surface area contributed by atoms with E-state index in [4.69, 9.17) is 6.42 Å². The lowest BCUT2D eigenvalue weighted by molar-refractivity contribution is 0.0591. The van der Waals surface area contributed by atoms with Gasteiger partial charge in [0, 0.05) is 12.0 Å². The summed E-state index contributed by atoms with van der Waals surface area (Å²) in [6.45, 7) is 1.51. The molecule has 1 aromatic rings. The number of hydrogen-bond donors (Lipinski definition) is 1. The van der Waals surface area contributed by atoms with Crippen molar-refractivity contribution < 1.29 is 9.50 Å². The molecule has 0 unspecified atom stereocenters. The van der Waals surface area contributed by atoms with Crippen LogP contribution < -0.4 is 0 Å². The number of benzene rings is 1. The van der Waals surface area contributed by atoms with Crippen molar-refractivity contribution in [3.63, 3.8) is 0 Å². The van der Waals surface area contributed by atoms with E-state index in [0.717, 1.165) is 0 Å². The summed E-state index contributed by atoms with van der Waals surface area (Å²) in [5, 5.41) is 9.78. The van der Waals surface area contributed by atoms with Crippen LogP contribution in [0.15, 0.2) is 24.3 Å². The van der Waals surface area contributed by atoms with Crippen molar-refractivity contribution >= 4 is 0 Å². The Kier molecular flexibility index (Phi) is 2.69. The summed E-state index contributed by atoms with van der Waals surface area (Å²) < 4.78 is 13.2. The fraction of sp³-hybridized carbons (Fsp3) is 0.273. The highest BCUT2D eigenvalue weighted by atomic mass is 19.1. The average Bonchev–Trinajstić information content (AvgIpc) is 2.04. The maximum Gasteiger partial charge on any atom is 0.129 e. The summed E-state index contributed by atoms with van der Waals surface area (Å²) in [5.74, 6) is 1.89. The predicted molar refractivity (Wildman–Crippen MR) is 49.4 cm³/mol. The molecule has 1 atom stereocenters. The Morgan fingerprint density at radius 1 is 1.54 bits per heavy atom. The van der Waals surface area contributed by atoms with E-state index in [0.29, 0.717) is 0 Å². The van der Waals surface area contributed by atoms with Crippen LogP contribution in [0.5, 0.6) is 0 Å². The summed E-state index contributed by atoms with van der Waals surface area (Å²) in [5.41, 5.74) is -1.03. The van der Waals surface area contributed by atoms with Crippen LogP contribution in [0, 0.1) is 18.2 Å². The predicted octanol–water partition coefficient (Wildman–Crippen LogP) is 2.06. The maximum absolute atomic E-state index is 13.2. The van der Waals surface area contributed by atoms with Crippen LogP contribution in [0.4, 0.5) is 4.39 Å². The van der Waals surface area contributed by atoms with Gasteiger partial charge in [0.05, 0.1) is 0 Å². The SMILES string of the molecule is C#CC[C@](C)(O)c1ccccc1F. The molecule has 0 spiro atoms. The molecule has 68 valence electrons. The van der Waals surface area contributed by atoms with Crippen LogP contribution in [0.2, 0.25) is 0 Å². The zero-order valence-corrected chi connectivity index (χ0v) is 7.42. The number of aliphatic hydroxyl groups is 1. The topological polar surface area (TPSA) is 20.2 Å². The van der Waals surface area contributed by atoms with Gasteiger partial charge in [-0.05, 0) is 13.0 Å². The van der Waals surface area contributed by atoms with E-state index in [1.165, 1.54) is 19.1 Å². The van der Waals surface area contributed by atoms with Gasteiger partial charge in [-0.3, -0.25) is 0 Å². The normalized spacial score (nSPS) is 14.6. The van der Waals surface area contributed by atoms with Gasteiger partial charge in [0.2, 0.25) is 0 Å². The Morgan fingerprint density at radius 3 is 2.69 bits per heavy atom. The minimum absolute atomic E-state index is 0.105. The second-order valence-corrected chi connectivity index (χ2v) is 3.13. The molecule has 0 heterocycles. The van der Waals surface area contributed by atoms with Crippen molar-refractivity contribution in [3.8, 4) is 12.3 Å². The van der Waals surface area contributed by atoms with E-state index in [-0.39, 0.29) is 12.0 Å². The van der Waals surface area contributed by atoms with Crippen LogP contribution in [-0.2, 0) is 5.60 Å². The van der Waals surface area contributed by atoms with Crippen molar-refractivity contribution in [1.29, 1.82) is 0 Å². The van der Waals surface area contributed by atoms with Crippen LogP contribution >= 0.6 is 0 Å². The first-order chi connectivity index (χ1) is 6.08. The molecule has 0 aliphatic carbocycles. The molecule has 1 aromatic carbocycles. The Morgan fingerprint density at radius 2 is 2.15 bits per heavy atom. The Balaban J connectivity index is 3.08. The molecule has 1 N–H and O–H groups in total. The minimum atomic E-state index is -1.28. The lowest BCUT2D eigenvalue weighted by Gasteiger charge is -2.21. The number of rotatable bonds is 2. The van der Waals surface area contributed by atoms with Gasteiger partial charge in [-0.2, -0.15) is 0 Å². The van der Waals surface area contributed by atoms with E-state index < -0.39 is 11.4 Å². The fourth-order valence-electron chi connectivity index (χ4n) is 1.19. The van der Waals surface area contributed by atoms with Gasteiger partial charge in [0.15, 0.2) is 0 Å². The number of terminal acetylenes is 1. The van der Waals surface area contributed by atoms with Gasteiger partial charge in [0.1, 0.15) is 11.4 Å². The van der Waals surface area contributed by atoms with E-state index in [1.54, 1.807) is 12.1 Å². The van der Waals surface area contributed by atoms with E-state index in [1.807, 2.05) is 0 Å².